The summed E-state index contributed by atoms with van der Waals surface area (Å²) in [5, 5.41) is 2.19. The predicted molar refractivity (Wildman–Crippen MR) is 89.0 cm³/mol. The van der Waals surface area contributed by atoms with Crippen LogP contribution >= 0.6 is 28.1 Å². The van der Waals surface area contributed by atoms with E-state index in [9.17, 15) is 14.0 Å². The predicted octanol–water partition coefficient (Wildman–Crippen LogP) is 3.01. The van der Waals surface area contributed by atoms with E-state index in [4.69, 9.17) is 16.6 Å². The molecule has 116 valence electrons. The van der Waals surface area contributed by atoms with Gasteiger partial charge in [-0.1, -0.05) is 12.1 Å². The summed E-state index contributed by atoms with van der Waals surface area (Å²) in [6.45, 7) is 0. The summed E-state index contributed by atoms with van der Waals surface area (Å²) >= 11 is 8.13. The molecule has 1 aliphatic heterocycles. The number of nitrogens with zero attached hydrogens (tertiary/aromatic N) is 1. The second-order valence-corrected chi connectivity index (χ2v) is 5.72. The van der Waals surface area contributed by atoms with Crippen LogP contribution in [0.3, 0.4) is 0 Å². The maximum Gasteiger partial charge on any atom is 0.270 e. The summed E-state index contributed by atoms with van der Waals surface area (Å²) in [4.78, 5) is 25.6. The van der Waals surface area contributed by atoms with Gasteiger partial charge in [-0.25, -0.2) is 9.29 Å². The minimum Gasteiger partial charge on any atom is -0.450 e. The maximum atomic E-state index is 14.0. The first-order valence-corrected chi connectivity index (χ1v) is 7.59. The lowest BCUT2D eigenvalue weighted by Crippen LogP contribution is -2.54. The number of furan rings is 1. The van der Waals surface area contributed by atoms with Gasteiger partial charge in [-0.05, 0) is 58.5 Å². The second kappa shape index (κ2) is 6.05. The summed E-state index contributed by atoms with van der Waals surface area (Å²) in [7, 11) is 0. The molecule has 2 aromatic rings. The van der Waals surface area contributed by atoms with E-state index in [-0.39, 0.29) is 16.4 Å². The second-order valence-electron chi connectivity index (χ2n) is 4.55. The number of hydrogen-bond donors (Lipinski definition) is 1. The van der Waals surface area contributed by atoms with Gasteiger partial charge in [-0.3, -0.25) is 14.9 Å². The smallest absolute Gasteiger partial charge is 0.270 e. The number of carbonyl (C=O) groups excluding carboxylic acids is 2. The zero-order valence-electron chi connectivity index (χ0n) is 11.4. The topological polar surface area (TPSA) is 62.6 Å². The Kier molecular flexibility index (Phi) is 4.10. The third kappa shape index (κ3) is 2.95. The highest BCUT2D eigenvalue weighted by atomic mass is 79.9. The molecular weight excluding hydrogens is 387 g/mol. The van der Waals surface area contributed by atoms with Crippen LogP contribution in [0, 0.1) is 5.82 Å². The molecule has 0 radical (unpaired) electrons. The van der Waals surface area contributed by atoms with E-state index >= 15 is 0 Å². The Morgan fingerprint density at radius 2 is 1.96 bits per heavy atom. The Hall–Kier alpha value is -2.32. The fourth-order valence-electron chi connectivity index (χ4n) is 2.06. The van der Waals surface area contributed by atoms with Crippen LogP contribution in [0.25, 0.3) is 6.08 Å². The van der Waals surface area contributed by atoms with Crippen molar-refractivity contribution in [3.05, 3.63) is 58.2 Å². The molecule has 0 atom stereocenters. The first-order valence-electron chi connectivity index (χ1n) is 6.38. The average molecular weight is 395 g/mol. The largest absolute Gasteiger partial charge is 0.450 e. The van der Waals surface area contributed by atoms with Gasteiger partial charge in [0, 0.05) is 0 Å². The number of hydrogen-bond acceptors (Lipinski definition) is 4. The summed E-state index contributed by atoms with van der Waals surface area (Å²) in [5.74, 6) is -1.72. The van der Waals surface area contributed by atoms with Crippen LogP contribution in [0.5, 0.6) is 0 Å². The van der Waals surface area contributed by atoms with E-state index in [2.05, 4.69) is 21.2 Å². The molecule has 23 heavy (non-hydrogen) atoms. The van der Waals surface area contributed by atoms with Crippen LogP contribution in [0.2, 0.25) is 0 Å². The van der Waals surface area contributed by atoms with Gasteiger partial charge >= 0.3 is 0 Å². The number of thiocarbonyl (C=S) groups is 1. The molecule has 0 spiro atoms. The summed E-state index contributed by atoms with van der Waals surface area (Å²) in [6.07, 6.45) is 1.28. The molecule has 1 aromatic heterocycles. The Balaban J connectivity index is 2.04. The van der Waals surface area contributed by atoms with Crippen molar-refractivity contribution in [2.24, 2.45) is 0 Å². The molecule has 0 aliphatic carbocycles. The fraction of sp³-hybridized carbons (Fsp3) is 0. The molecule has 1 aliphatic rings. The van der Waals surface area contributed by atoms with E-state index in [0.717, 1.165) is 4.90 Å². The van der Waals surface area contributed by atoms with Gasteiger partial charge in [-0.15, -0.1) is 0 Å². The molecular formula is C15H8BrFN2O3S. The Bertz CT molecular complexity index is 862. The molecule has 1 fully saturated rings. The van der Waals surface area contributed by atoms with Crippen molar-refractivity contribution in [1.29, 1.82) is 0 Å². The third-order valence-electron chi connectivity index (χ3n) is 3.08. The van der Waals surface area contributed by atoms with Gasteiger partial charge in [0.1, 0.15) is 17.2 Å². The van der Waals surface area contributed by atoms with Gasteiger partial charge in [0.15, 0.2) is 9.78 Å². The standard InChI is InChI=1S/C15H8BrFN2O3S/c16-12-6-5-8(22-12)7-9-13(20)18-15(23)19(14(9)21)11-4-2-1-3-10(11)17/h1-7H,(H,18,20,23)/b9-7-. The van der Waals surface area contributed by atoms with Crippen molar-refractivity contribution < 1.29 is 18.4 Å². The number of halogens is 2. The molecule has 5 nitrogen and oxygen atoms in total. The minimum absolute atomic E-state index is 0.0333. The average Bonchev–Trinajstić information content (AvgIpc) is 2.91. The lowest BCUT2D eigenvalue weighted by atomic mass is 10.1. The molecule has 2 amide bonds. The van der Waals surface area contributed by atoms with Crippen molar-refractivity contribution in [1.82, 2.24) is 5.32 Å². The molecule has 0 bridgehead atoms. The Morgan fingerprint density at radius 1 is 1.22 bits per heavy atom. The van der Waals surface area contributed by atoms with E-state index in [1.807, 2.05) is 0 Å². The number of nitrogens with one attached hydrogen (secondary N) is 1. The van der Waals surface area contributed by atoms with Crippen LogP contribution in [0.1, 0.15) is 5.76 Å². The normalized spacial score (nSPS) is 16.9. The zero-order chi connectivity index (χ0) is 16.6. The van der Waals surface area contributed by atoms with E-state index < -0.39 is 17.6 Å². The van der Waals surface area contributed by atoms with Crippen LogP contribution in [-0.2, 0) is 9.59 Å². The van der Waals surface area contributed by atoms with Gasteiger partial charge < -0.3 is 4.42 Å². The number of benzene rings is 1. The molecule has 0 saturated carbocycles. The molecule has 3 rings (SSSR count). The first kappa shape index (κ1) is 15.6. The molecule has 0 unspecified atom stereocenters. The van der Waals surface area contributed by atoms with E-state index in [0.29, 0.717) is 10.4 Å². The lowest BCUT2D eigenvalue weighted by Gasteiger charge is -2.28. The molecule has 1 saturated heterocycles. The highest BCUT2D eigenvalue weighted by molar-refractivity contribution is 9.10. The van der Waals surface area contributed by atoms with Crippen molar-refractivity contribution >= 4 is 56.8 Å². The van der Waals surface area contributed by atoms with Crippen molar-refractivity contribution in [2.45, 2.75) is 0 Å². The Labute approximate surface area is 143 Å². The minimum atomic E-state index is -0.726. The van der Waals surface area contributed by atoms with Gasteiger partial charge in [0.2, 0.25) is 0 Å². The highest BCUT2D eigenvalue weighted by Gasteiger charge is 2.35. The summed E-state index contributed by atoms with van der Waals surface area (Å²) < 4.78 is 19.7. The zero-order valence-corrected chi connectivity index (χ0v) is 13.8. The molecule has 8 heteroatoms. The van der Waals surface area contributed by atoms with Crippen LogP contribution in [0.4, 0.5) is 10.1 Å². The fourth-order valence-corrected chi connectivity index (χ4v) is 2.65. The number of amides is 2. The van der Waals surface area contributed by atoms with E-state index in [1.54, 1.807) is 18.2 Å². The maximum absolute atomic E-state index is 14.0. The van der Waals surface area contributed by atoms with Crippen molar-refractivity contribution in [3.63, 3.8) is 0 Å². The van der Waals surface area contributed by atoms with Crippen LogP contribution in [-0.4, -0.2) is 16.9 Å². The van der Waals surface area contributed by atoms with Gasteiger partial charge in [-0.2, -0.15) is 0 Å². The van der Waals surface area contributed by atoms with Crippen molar-refractivity contribution in [3.8, 4) is 0 Å². The number of para-hydroxylation sites is 1. The SMILES string of the molecule is O=C1NC(=S)N(c2ccccc2F)C(=O)/C1=C\c1ccc(Br)o1. The summed E-state index contributed by atoms with van der Waals surface area (Å²) in [6, 6.07) is 8.87. The lowest BCUT2D eigenvalue weighted by molar-refractivity contribution is -0.122. The van der Waals surface area contributed by atoms with Gasteiger partial charge in [0.05, 0.1) is 5.69 Å². The first-order chi connectivity index (χ1) is 11.0. The quantitative estimate of drug-likeness (QED) is 0.483. The molecule has 2 heterocycles. The summed E-state index contributed by atoms with van der Waals surface area (Å²) in [5.41, 5.74) is -0.238. The monoisotopic (exact) mass is 394 g/mol. The Morgan fingerprint density at radius 3 is 2.61 bits per heavy atom. The molecule has 1 N–H and O–H groups in total. The number of anilines is 1. The highest BCUT2D eigenvalue weighted by Crippen LogP contribution is 2.25. The third-order valence-corrected chi connectivity index (χ3v) is 3.79. The van der Waals surface area contributed by atoms with Gasteiger partial charge in [0.25, 0.3) is 11.8 Å². The number of carbonyl (C=O) groups is 2. The number of rotatable bonds is 2. The van der Waals surface area contributed by atoms with Crippen molar-refractivity contribution in [2.75, 3.05) is 4.90 Å². The van der Waals surface area contributed by atoms with Crippen LogP contribution in [0.15, 0.2) is 51.1 Å². The molecule has 1 aromatic carbocycles. The van der Waals surface area contributed by atoms with Crippen LogP contribution < -0.4 is 10.2 Å². The van der Waals surface area contributed by atoms with E-state index in [1.165, 1.54) is 24.3 Å².